The van der Waals surface area contributed by atoms with Crippen LogP contribution in [0.3, 0.4) is 0 Å². The highest BCUT2D eigenvalue weighted by Crippen LogP contribution is 2.39. The average molecular weight is 295 g/mol. The number of nitrogens with zero attached hydrogens (tertiary/aromatic N) is 1. The van der Waals surface area contributed by atoms with Crippen molar-refractivity contribution in [3.63, 3.8) is 0 Å². The first kappa shape index (κ1) is 13.3. The van der Waals surface area contributed by atoms with Crippen molar-refractivity contribution < 1.29 is 14.6 Å². The molecule has 0 radical (unpaired) electrons. The van der Waals surface area contributed by atoms with E-state index in [-0.39, 0.29) is 12.1 Å². The summed E-state index contributed by atoms with van der Waals surface area (Å²) in [5, 5.41) is 11.3. The predicted octanol–water partition coefficient (Wildman–Crippen LogP) is 2.77. The van der Waals surface area contributed by atoms with Crippen LogP contribution in [0, 0.1) is 0 Å². The van der Waals surface area contributed by atoms with Crippen LogP contribution in [0.25, 0.3) is 16.8 Å². The minimum atomic E-state index is -0.789. The number of benzene rings is 2. The topological polar surface area (TPSA) is 49.8 Å². The summed E-state index contributed by atoms with van der Waals surface area (Å²) >= 11 is 0. The van der Waals surface area contributed by atoms with Crippen molar-refractivity contribution in [3.05, 3.63) is 48.0 Å². The zero-order chi connectivity index (χ0) is 15.2. The Labute approximate surface area is 128 Å². The summed E-state index contributed by atoms with van der Waals surface area (Å²) in [6.45, 7) is 1.45. The second kappa shape index (κ2) is 4.85. The summed E-state index contributed by atoms with van der Waals surface area (Å²) in [5.74, 6) is 0.0987. The van der Waals surface area contributed by atoms with E-state index in [4.69, 9.17) is 9.84 Å². The van der Waals surface area contributed by atoms with Crippen LogP contribution in [-0.2, 0) is 4.79 Å². The molecule has 0 saturated carbocycles. The molecule has 4 rings (SSSR count). The second-order valence-electron chi connectivity index (χ2n) is 6.05. The Balaban J connectivity index is 1.67. The molecule has 4 heteroatoms. The lowest BCUT2D eigenvalue weighted by molar-refractivity contribution is -0.138. The molecule has 1 spiro atoms. The van der Waals surface area contributed by atoms with Gasteiger partial charge < -0.3 is 9.84 Å². The summed E-state index contributed by atoms with van der Waals surface area (Å²) in [4.78, 5) is 12.8. The van der Waals surface area contributed by atoms with E-state index in [0.29, 0.717) is 6.54 Å². The third-order valence-electron chi connectivity index (χ3n) is 4.50. The number of hydrogen-bond donors (Lipinski definition) is 1. The van der Waals surface area contributed by atoms with Gasteiger partial charge in [-0.2, -0.15) is 0 Å². The summed E-state index contributed by atoms with van der Waals surface area (Å²) in [6.07, 6.45) is 5.05. The molecule has 0 bridgehead atoms. The normalized spacial score (nSPS) is 23.6. The first-order valence-electron chi connectivity index (χ1n) is 7.49. The minimum absolute atomic E-state index is 0.0729. The van der Waals surface area contributed by atoms with E-state index in [2.05, 4.69) is 30.4 Å². The molecule has 4 nitrogen and oxygen atoms in total. The number of ether oxygens (including phenoxy) is 1. The Morgan fingerprint density at radius 2 is 2.14 bits per heavy atom. The maximum absolute atomic E-state index is 10.9. The van der Waals surface area contributed by atoms with Crippen LogP contribution in [0.15, 0.2) is 42.5 Å². The average Bonchev–Trinajstić information content (AvgIpc) is 2.88. The van der Waals surface area contributed by atoms with Gasteiger partial charge in [0.25, 0.3) is 0 Å². The van der Waals surface area contributed by atoms with Gasteiger partial charge in [-0.1, -0.05) is 36.4 Å². The molecule has 2 aliphatic heterocycles. The molecule has 0 aliphatic carbocycles. The van der Waals surface area contributed by atoms with Crippen LogP contribution in [0.2, 0.25) is 0 Å². The van der Waals surface area contributed by atoms with Crippen molar-refractivity contribution in [3.8, 4) is 5.75 Å². The smallest absolute Gasteiger partial charge is 0.317 e. The molecule has 22 heavy (non-hydrogen) atoms. The van der Waals surface area contributed by atoms with E-state index in [1.165, 1.54) is 10.8 Å². The highest BCUT2D eigenvalue weighted by atomic mass is 16.5. The molecule has 1 fully saturated rings. The number of aliphatic carboxylic acids is 1. The number of likely N-dealkylation sites (tertiary alicyclic amines) is 1. The lowest BCUT2D eigenvalue weighted by Gasteiger charge is -2.32. The maximum atomic E-state index is 10.9. The fourth-order valence-electron chi connectivity index (χ4n) is 3.45. The van der Waals surface area contributed by atoms with Gasteiger partial charge in [-0.25, -0.2) is 0 Å². The molecule has 0 amide bonds. The van der Waals surface area contributed by atoms with Gasteiger partial charge in [-0.05, 0) is 22.9 Å². The van der Waals surface area contributed by atoms with E-state index >= 15 is 0 Å². The molecule has 2 aliphatic rings. The molecule has 112 valence electrons. The minimum Gasteiger partial charge on any atom is -0.481 e. The first-order valence-corrected chi connectivity index (χ1v) is 7.49. The number of hydrogen-bond acceptors (Lipinski definition) is 3. The highest BCUT2D eigenvalue weighted by Gasteiger charge is 2.40. The van der Waals surface area contributed by atoms with Crippen molar-refractivity contribution in [2.24, 2.45) is 0 Å². The van der Waals surface area contributed by atoms with Crippen LogP contribution in [0.5, 0.6) is 5.75 Å². The number of rotatable bonds is 2. The first-order chi connectivity index (χ1) is 10.7. The highest BCUT2D eigenvalue weighted by molar-refractivity contribution is 5.93. The van der Waals surface area contributed by atoms with Gasteiger partial charge in [0.1, 0.15) is 11.4 Å². The third-order valence-corrected chi connectivity index (χ3v) is 4.50. The summed E-state index contributed by atoms with van der Waals surface area (Å²) in [6, 6.07) is 12.4. The van der Waals surface area contributed by atoms with E-state index in [1.54, 1.807) is 0 Å². The largest absolute Gasteiger partial charge is 0.481 e. The Morgan fingerprint density at radius 1 is 1.27 bits per heavy atom. The monoisotopic (exact) mass is 295 g/mol. The number of carbonyl (C=O) groups is 1. The van der Waals surface area contributed by atoms with Gasteiger partial charge >= 0.3 is 5.97 Å². The maximum Gasteiger partial charge on any atom is 0.317 e. The van der Waals surface area contributed by atoms with Crippen LogP contribution in [0.1, 0.15) is 12.0 Å². The van der Waals surface area contributed by atoms with Crippen molar-refractivity contribution in [1.29, 1.82) is 0 Å². The van der Waals surface area contributed by atoms with E-state index < -0.39 is 5.97 Å². The van der Waals surface area contributed by atoms with Crippen molar-refractivity contribution in [2.45, 2.75) is 12.0 Å². The van der Waals surface area contributed by atoms with Gasteiger partial charge in [0.05, 0.1) is 6.54 Å². The lowest BCUT2D eigenvalue weighted by atomic mass is 9.94. The van der Waals surface area contributed by atoms with E-state index in [1.807, 2.05) is 23.1 Å². The van der Waals surface area contributed by atoms with Gasteiger partial charge in [0.2, 0.25) is 0 Å². The number of carboxylic acid groups (broad SMARTS) is 1. The lowest BCUT2D eigenvalue weighted by Crippen LogP contribution is -2.40. The summed E-state index contributed by atoms with van der Waals surface area (Å²) in [7, 11) is 0. The van der Waals surface area contributed by atoms with Crippen LogP contribution >= 0.6 is 0 Å². The molecule has 2 aromatic rings. The quantitative estimate of drug-likeness (QED) is 0.925. The van der Waals surface area contributed by atoms with Gasteiger partial charge in [-0.3, -0.25) is 9.69 Å². The molecular weight excluding hydrogens is 278 g/mol. The van der Waals surface area contributed by atoms with Gasteiger partial charge in [-0.15, -0.1) is 0 Å². The predicted molar refractivity (Wildman–Crippen MR) is 85.0 cm³/mol. The molecule has 0 aromatic heterocycles. The summed E-state index contributed by atoms with van der Waals surface area (Å²) < 4.78 is 6.28. The van der Waals surface area contributed by atoms with Crippen molar-refractivity contribution >= 4 is 22.8 Å². The standard InChI is InChI=1S/C18H17NO3/c20-17(21)11-19-10-9-18(12-19)8-7-15-14-4-2-1-3-13(14)5-6-16(15)22-18/h1-8H,9-12H2,(H,20,21). The van der Waals surface area contributed by atoms with E-state index in [9.17, 15) is 4.79 Å². The Kier molecular flexibility index (Phi) is 2.94. The number of carboxylic acids is 1. The Hall–Kier alpha value is -2.33. The molecule has 1 saturated heterocycles. The van der Waals surface area contributed by atoms with Gasteiger partial charge in [0, 0.05) is 25.1 Å². The van der Waals surface area contributed by atoms with Crippen LogP contribution in [0.4, 0.5) is 0 Å². The fraction of sp³-hybridized carbons (Fsp3) is 0.278. The van der Waals surface area contributed by atoms with Crippen molar-refractivity contribution in [2.75, 3.05) is 19.6 Å². The van der Waals surface area contributed by atoms with E-state index in [0.717, 1.165) is 24.3 Å². The molecule has 1 atom stereocenters. The fourth-order valence-corrected chi connectivity index (χ4v) is 3.45. The zero-order valence-corrected chi connectivity index (χ0v) is 12.2. The SMILES string of the molecule is O=C(O)CN1CCC2(C=Cc3c(ccc4ccccc34)O2)C1. The summed E-state index contributed by atoms with van der Waals surface area (Å²) in [5.41, 5.74) is 0.727. The van der Waals surface area contributed by atoms with Crippen LogP contribution in [-0.4, -0.2) is 41.2 Å². The van der Waals surface area contributed by atoms with Crippen molar-refractivity contribution in [1.82, 2.24) is 4.90 Å². The van der Waals surface area contributed by atoms with Gasteiger partial charge in [0.15, 0.2) is 0 Å². The molecule has 2 heterocycles. The molecule has 1 N–H and O–H groups in total. The molecular formula is C18H17NO3. The number of fused-ring (bicyclic) bond motifs is 3. The molecule has 2 aromatic carbocycles. The Morgan fingerprint density at radius 3 is 3.00 bits per heavy atom. The zero-order valence-electron chi connectivity index (χ0n) is 12.2. The second-order valence-corrected chi connectivity index (χ2v) is 6.05. The Bertz CT molecular complexity index is 783. The third kappa shape index (κ3) is 2.16. The molecule has 1 unspecified atom stereocenters. The van der Waals surface area contributed by atoms with Crippen LogP contribution < -0.4 is 4.74 Å².